The van der Waals surface area contributed by atoms with Crippen molar-refractivity contribution < 1.29 is 13.2 Å². The zero-order valence-corrected chi connectivity index (χ0v) is 16.3. The second-order valence-electron chi connectivity index (χ2n) is 5.82. The molecule has 8 heteroatoms. The molecule has 3 rings (SSSR count). The average Bonchev–Trinajstić information content (AvgIpc) is 3.17. The molecule has 0 radical (unpaired) electrons. The highest BCUT2D eigenvalue weighted by Crippen LogP contribution is 2.24. The molecule has 5 nitrogen and oxygen atoms in total. The molecule has 1 fully saturated rings. The fourth-order valence-corrected chi connectivity index (χ4v) is 5.79. The van der Waals surface area contributed by atoms with Crippen molar-refractivity contribution in [3.05, 3.63) is 47.3 Å². The van der Waals surface area contributed by atoms with Crippen molar-refractivity contribution in [3.8, 4) is 0 Å². The van der Waals surface area contributed by atoms with E-state index in [2.05, 4.69) is 4.72 Å². The van der Waals surface area contributed by atoms with E-state index in [1.54, 1.807) is 29.3 Å². The summed E-state index contributed by atoms with van der Waals surface area (Å²) in [6, 6.07) is 10.8. The summed E-state index contributed by atoms with van der Waals surface area (Å²) in [5.41, 5.74) is 0.715. The van der Waals surface area contributed by atoms with Crippen molar-refractivity contribution in [3.63, 3.8) is 0 Å². The maximum Gasteiger partial charge on any atom is 0.254 e. The minimum Gasteiger partial charge on any atom is -0.338 e. The highest BCUT2D eigenvalue weighted by molar-refractivity contribution is 7.98. The van der Waals surface area contributed by atoms with Crippen molar-refractivity contribution in [2.24, 2.45) is 0 Å². The average molecular weight is 397 g/mol. The molecular formula is C17H20N2O3S3. The maximum atomic E-state index is 12.7. The molecule has 0 unspecified atom stereocenters. The summed E-state index contributed by atoms with van der Waals surface area (Å²) in [5, 5.41) is 1.75. The molecule has 1 aliphatic rings. The van der Waals surface area contributed by atoms with Gasteiger partial charge in [-0.05, 0) is 42.7 Å². The normalized spacial score (nSPS) is 16.1. The number of nitrogens with zero attached hydrogens (tertiary/aromatic N) is 1. The van der Waals surface area contributed by atoms with Gasteiger partial charge in [-0.25, -0.2) is 13.1 Å². The van der Waals surface area contributed by atoms with E-state index in [4.69, 9.17) is 0 Å². The van der Waals surface area contributed by atoms with Crippen molar-refractivity contribution in [2.75, 3.05) is 19.3 Å². The first-order valence-electron chi connectivity index (χ1n) is 7.99. The van der Waals surface area contributed by atoms with E-state index in [0.29, 0.717) is 35.7 Å². The molecule has 1 aromatic carbocycles. The van der Waals surface area contributed by atoms with Crippen LogP contribution in [0, 0.1) is 0 Å². The van der Waals surface area contributed by atoms with Crippen LogP contribution in [0.25, 0.3) is 0 Å². The molecule has 134 valence electrons. The van der Waals surface area contributed by atoms with Crippen LogP contribution in [0.4, 0.5) is 0 Å². The Morgan fingerprint density at radius 3 is 2.56 bits per heavy atom. The molecule has 0 saturated carbocycles. The number of carbonyl (C=O) groups is 1. The Hall–Kier alpha value is -1.35. The second-order valence-corrected chi connectivity index (χ2v) is 9.56. The van der Waals surface area contributed by atoms with Gasteiger partial charge in [0.05, 0.1) is 5.56 Å². The Bertz CT molecular complexity index is 827. The predicted octanol–water partition coefficient (Wildman–Crippen LogP) is 3.05. The van der Waals surface area contributed by atoms with E-state index in [0.717, 1.165) is 4.90 Å². The molecule has 25 heavy (non-hydrogen) atoms. The van der Waals surface area contributed by atoms with E-state index < -0.39 is 10.0 Å². The Morgan fingerprint density at radius 1 is 1.20 bits per heavy atom. The van der Waals surface area contributed by atoms with Gasteiger partial charge in [-0.1, -0.05) is 18.2 Å². The number of benzene rings is 1. The highest BCUT2D eigenvalue weighted by atomic mass is 32.2. The topological polar surface area (TPSA) is 66.5 Å². The first-order chi connectivity index (χ1) is 12.0. The van der Waals surface area contributed by atoms with Crippen LogP contribution in [0.15, 0.2) is 50.9 Å². The number of hydrogen-bond donors (Lipinski definition) is 1. The molecule has 0 aliphatic carbocycles. The van der Waals surface area contributed by atoms with Crippen LogP contribution in [0.5, 0.6) is 0 Å². The van der Waals surface area contributed by atoms with Crippen molar-refractivity contribution in [1.29, 1.82) is 0 Å². The lowest BCUT2D eigenvalue weighted by molar-refractivity contribution is 0.0708. The number of amides is 1. The zero-order valence-electron chi connectivity index (χ0n) is 13.8. The molecule has 0 atom stereocenters. The number of nitrogens with one attached hydrogen (secondary N) is 1. The Balaban J connectivity index is 1.61. The van der Waals surface area contributed by atoms with E-state index in [1.807, 2.05) is 35.4 Å². The Kier molecular flexibility index (Phi) is 5.83. The lowest BCUT2D eigenvalue weighted by Gasteiger charge is -2.32. The third-order valence-corrected chi connectivity index (χ3v) is 7.92. The number of thiophene rings is 1. The molecule has 1 amide bonds. The van der Waals surface area contributed by atoms with E-state index >= 15 is 0 Å². The number of thioether (sulfide) groups is 1. The van der Waals surface area contributed by atoms with Crippen molar-refractivity contribution in [2.45, 2.75) is 28.0 Å². The van der Waals surface area contributed by atoms with Crippen LogP contribution in [-0.4, -0.2) is 44.6 Å². The van der Waals surface area contributed by atoms with Gasteiger partial charge in [0.15, 0.2) is 0 Å². The van der Waals surface area contributed by atoms with E-state index in [1.165, 1.54) is 11.3 Å². The van der Waals surface area contributed by atoms with Gasteiger partial charge in [-0.15, -0.1) is 23.1 Å². The van der Waals surface area contributed by atoms with Gasteiger partial charge in [0.25, 0.3) is 5.91 Å². The first-order valence-corrected chi connectivity index (χ1v) is 11.6. The van der Waals surface area contributed by atoms with Crippen LogP contribution in [0.3, 0.4) is 0 Å². The van der Waals surface area contributed by atoms with Gasteiger partial charge in [-0.2, -0.15) is 0 Å². The highest BCUT2D eigenvalue weighted by Gasteiger charge is 2.28. The van der Waals surface area contributed by atoms with Crippen molar-refractivity contribution in [1.82, 2.24) is 9.62 Å². The van der Waals surface area contributed by atoms with Gasteiger partial charge in [0.1, 0.15) is 4.21 Å². The van der Waals surface area contributed by atoms with Gasteiger partial charge >= 0.3 is 0 Å². The van der Waals surface area contributed by atoms with Crippen LogP contribution in [-0.2, 0) is 10.0 Å². The molecule has 1 saturated heterocycles. The lowest BCUT2D eigenvalue weighted by atomic mass is 10.0. The summed E-state index contributed by atoms with van der Waals surface area (Å²) in [6.45, 7) is 1.11. The number of sulfonamides is 1. The number of rotatable bonds is 5. The first kappa shape index (κ1) is 18.4. The molecule has 1 N–H and O–H groups in total. The second kappa shape index (κ2) is 7.90. The molecule has 2 aromatic rings. The molecular weight excluding hydrogens is 376 g/mol. The van der Waals surface area contributed by atoms with Crippen molar-refractivity contribution >= 4 is 39.0 Å². The summed E-state index contributed by atoms with van der Waals surface area (Å²) < 4.78 is 27.7. The fourth-order valence-electron chi connectivity index (χ4n) is 2.89. The molecule has 2 heterocycles. The maximum absolute atomic E-state index is 12.7. The summed E-state index contributed by atoms with van der Waals surface area (Å²) in [6.07, 6.45) is 3.20. The zero-order chi connectivity index (χ0) is 17.9. The molecule has 1 aromatic heterocycles. The van der Waals surface area contributed by atoms with Crippen LogP contribution < -0.4 is 4.72 Å². The summed E-state index contributed by atoms with van der Waals surface area (Å²) >= 11 is 2.76. The largest absolute Gasteiger partial charge is 0.338 e. The third-order valence-electron chi connectivity index (χ3n) is 4.20. The van der Waals surface area contributed by atoms with Gasteiger partial charge in [-0.3, -0.25) is 4.79 Å². The van der Waals surface area contributed by atoms with Gasteiger partial charge in [0, 0.05) is 24.0 Å². The number of piperidine rings is 1. The smallest absolute Gasteiger partial charge is 0.254 e. The standard InChI is InChI=1S/C17H20N2O3S3/c1-23-15-6-3-2-5-14(15)17(20)19-10-8-13(9-11-19)18-25(21,22)16-7-4-12-24-16/h2-7,12-13,18H,8-11H2,1H3. The lowest BCUT2D eigenvalue weighted by Crippen LogP contribution is -2.46. The minimum atomic E-state index is -3.46. The predicted molar refractivity (Wildman–Crippen MR) is 102 cm³/mol. The van der Waals surface area contributed by atoms with Crippen LogP contribution >= 0.6 is 23.1 Å². The minimum absolute atomic E-state index is 0.0181. The summed E-state index contributed by atoms with van der Waals surface area (Å²) in [4.78, 5) is 15.5. The van der Waals surface area contributed by atoms with Crippen LogP contribution in [0.1, 0.15) is 23.2 Å². The SMILES string of the molecule is CSc1ccccc1C(=O)N1CCC(NS(=O)(=O)c2cccs2)CC1. The quantitative estimate of drug-likeness (QED) is 0.789. The Morgan fingerprint density at radius 2 is 1.92 bits per heavy atom. The molecule has 1 aliphatic heterocycles. The molecule has 0 bridgehead atoms. The monoisotopic (exact) mass is 396 g/mol. The number of carbonyl (C=O) groups excluding carboxylic acids is 1. The number of hydrogen-bond acceptors (Lipinski definition) is 5. The number of likely N-dealkylation sites (tertiary alicyclic amines) is 1. The summed E-state index contributed by atoms with van der Waals surface area (Å²) in [5.74, 6) is 0.0181. The van der Waals surface area contributed by atoms with Crippen LogP contribution in [0.2, 0.25) is 0 Å². The third kappa shape index (κ3) is 4.25. The summed E-state index contributed by atoms with van der Waals surface area (Å²) in [7, 11) is -3.46. The van der Waals surface area contributed by atoms with Gasteiger partial charge < -0.3 is 4.90 Å². The van der Waals surface area contributed by atoms with E-state index in [-0.39, 0.29) is 11.9 Å². The van der Waals surface area contributed by atoms with Gasteiger partial charge in [0.2, 0.25) is 10.0 Å². The Labute approximate surface area is 156 Å². The van der Waals surface area contributed by atoms with E-state index in [9.17, 15) is 13.2 Å². The molecule has 0 spiro atoms. The fraction of sp³-hybridized carbons (Fsp3) is 0.353.